The monoisotopic (exact) mass is 192 g/mol. The van der Waals surface area contributed by atoms with Crippen LogP contribution in [0, 0.1) is 0 Å². The Kier molecular flexibility index (Phi) is 3.35. The minimum absolute atomic E-state index is 0.505. The lowest BCUT2D eigenvalue weighted by molar-refractivity contribution is 0.127. The summed E-state index contributed by atoms with van der Waals surface area (Å²) in [6.07, 6.45) is 8.14. The van der Waals surface area contributed by atoms with Gasteiger partial charge in [0.1, 0.15) is 0 Å². The van der Waals surface area contributed by atoms with Gasteiger partial charge in [-0.15, -0.1) is 0 Å². The van der Waals surface area contributed by atoms with Gasteiger partial charge in [0.05, 0.1) is 0 Å². The van der Waals surface area contributed by atoms with Gasteiger partial charge in [-0.2, -0.15) is 5.48 Å². The van der Waals surface area contributed by atoms with Crippen LogP contribution in [0.4, 0.5) is 0 Å². The van der Waals surface area contributed by atoms with Gasteiger partial charge in [0.15, 0.2) is 0 Å². The summed E-state index contributed by atoms with van der Waals surface area (Å²) in [5, 5.41) is 0. The highest BCUT2D eigenvalue weighted by molar-refractivity contribution is 5.08. The summed E-state index contributed by atoms with van der Waals surface area (Å²) in [5.74, 6) is 0.651. The lowest BCUT2D eigenvalue weighted by Gasteiger charge is -2.21. The van der Waals surface area contributed by atoms with Crippen LogP contribution in [0.3, 0.4) is 0 Å². The Bertz CT molecular complexity index is 257. The number of rotatable bonds is 3. The van der Waals surface area contributed by atoms with Crippen molar-refractivity contribution in [3.05, 3.63) is 24.4 Å². The summed E-state index contributed by atoms with van der Waals surface area (Å²) in [6, 6.07) is 6.17. The second-order valence-electron chi connectivity index (χ2n) is 3.72. The molecule has 1 N–H and O–H groups in total. The van der Waals surface area contributed by atoms with Crippen molar-refractivity contribution in [2.75, 3.05) is 0 Å². The molecule has 1 saturated carbocycles. The Morgan fingerprint density at radius 3 is 2.79 bits per heavy atom. The first-order chi connectivity index (χ1) is 6.95. The average molecular weight is 192 g/mol. The topological polar surface area (TPSA) is 34.1 Å². The van der Waals surface area contributed by atoms with E-state index >= 15 is 0 Å². The fourth-order valence-electron chi connectivity index (χ4n) is 1.77. The fraction of sp³-hybridized carbons (Fsp3) is 0.545. The Morgan fingerprint density at radius 2 is 2.07 bits per heavy atom. The zero-order valence-corrected chi connectivity index (χ0v) is 8.28. The minimum atomic E-state index is 0.505. The number of hydrogen-bond donors (Lipinski definition) is 1. The third-order valence-corrected chi connectivity index (χ3v) is 2.57. The van der Waals surface area contributed by atoms with Crippen molar-refractivity contribution in [2.24, 2.45) is 0 Å². The maximum Gasteiger partial charge on any atom is 0.237 e. The molecule has 0 spiro atoms. The lowest BCUT2D eigenvalue weighted by atomic mass is 9.96. The van der Waals surface area contributed by atoms with Crippen LogP contribution in [0.1, 0.15) is 32.1 Å². The molecule has 14 heavy (non-hydrogen) atoms. The van der Waals surface area contributed by atoms with E-state index in [4.69, 9.17) is 4.84 Å². The molecule has 1 heterocycles. The maximum absolute atomic E-state index is 5.38. The van der Waals surface area contributed by atoms with E-state index < -0.39 is 0 Å². The van der Waals surface area contributed by atoms with Crippen molar-refractivity contribution in [2.45, 2.75) is 38.1 Å². The predicted molar refractivity (Wildman–Crippen MR) is 54.9 cm³/mol. The SMILES string of the molecule is c1ccc(ONC2CCCCC2)nc1. The predicted octanol–water partition coefficient (Wildman–Crippen LogP) is 2.30. The van der Waals surface area contributed by atoms with Crippen LogP contribution in [0.15, 0.2) is 24.4 Å². The molecule has 1 fully saturated rings. The molecule has 1 aliphatic carbocycles. The van der Waals surface area contributed by atoms with Gasteiger partial charge in [0.25, 0.3) is 0 Å². The molecule has 76 valence electrons. The smallest absolute Gasteiger partial charge is 0.237 e. The minimum Gasteiger partial charge on any atom is -0.388 e. The number of nitrogens with zero attached hydrogens (tertiary/aromatic N) is 1. The van der Waals surface area contributed by atoms with E-state index in [0.29, 0.717) is 11.9 Å². The highest BCUT2D eigenvalue weighted by Gasteiger charge is 2.13. The van der Waals surface area contributed by atoms with Crippen LogP contribution in [0.5, 0.6) is 5.88 Å². The number of hydroxylamine groups is 1. The summed E-state index contributed by atoms with van der Waals surface area (Å²) in [4.78, 5) is 9.46. The van der Waals surface area contributed by atoms with Crippen LogP contribution in [0.2, 0.25) is 0 Å². The fourth-order valence-corrected chi connectivity index (χ4v) is 1.77. The first kappa shape index (κ1) is 9.46. The Hall–Kier alpha value is -1.09. The standard InChI is InChI=1S/C11H16N2O/c1-2-6-10(7-3-1)13-14-11-8-4-5-9-12-11/h4-5,8-10,13H,1-3,6-7H2. The molecule has 0 atom stereocenters. The van der Waals surface area contributed by atoms with Gasteiger partial charge in [-0.3, -0.25) is 0 Å². The maximum atomic E-state index is 5.38. The summed E-state index contributed by atoms with van der Waals surface area (Å²) in [7, 11) is 0. The summed E-state index contributed by atoms with van der Waals surface area (Å²) < 4.78 is 0. The Balaban J connectivity index is 1.76. The quantitative estimate of drug-likeness (QED) is 0.746. The highest BCUT2D eigenvalue weighted by Crippen LogP contribution is 2.17. The first-order valence-corrected chi connectivity index (χ1v) is 5.28. The average Bonchev–Trinajstić information content (AvgIpc) is 2.29. The molecule has 0 amide bonds. The van der Waals surface area contributed by atoms with E-state index in [1.165, 1.54) is 32.1 Å². The molecule has 1 aromatic heterocycles. The van der Waals surface area contributed by atoms with Crippen molar-refractivity contribution < 1.29 is 4.84 Å². The number of hydrogen-bond acceptors (Lipinski definition) is 3. The number of aromatic nitrogens is 1. The van der Waals surface area contributed by atoms with Crippen molar-refractivity contribution in [1.29, 1.82) is 0 Å². The van der Waals surface area contributed by atoms with E-state index in [1.54, 1.807) is 6.20 Å². The van der Waals surface area contributed by atoms with E-state index in [0.717, 1.165) is 0 Å². The largest absolute Gasteiger partial charge is 0.388 e. The van der Waals surface area contributed by atoms with Gasteiger partial charge in [0.2, 0.25) is 5.88 Å². The van der Waals surface area contributed by atoms with Crippen LogP contribution < -0.4 is 10.3 Å². The molecule has 1 aliphatic rings. The summed E-state index contributed by atoms with van der Waals surface area (Å²) in [5.41, 5.74) is 3.08. The second kappa shape index (κ2) is 4.96. The zero-order valence-electron chi connectivity index (χ0n) is 8.28. The van der Waals surface area contributed by atoms with Gasteiger partial charge in [-0.05, 0) is 18.9 Å². The van der Waals surface area contributed by atoms with Crippen molar-refractivity contribution >= 4 is 0 Å². The van der Waals surface area contributed by atoms with Crippen LogP contribution in [-0.2, 0) is 0 Å². The molecule has 0 bridgehead atoms. The van der Waals surface area contributed by atoms with Crippen molar-refractivity contribution in [1.82, 2.24) is 10.5 Å². The van der Waals surface area contributed by atoms with E-state index in [2.05, 4.69) is 10.5 Å². The molecule has 2 rings (SSSR count). The molecule has 0 unspecified atom stereocenters. The normalized spacial score (nSPS) is 18.0. The highest BCUT2D eigenvalue weighted by atomic mass is 16.7. The van der Waals surface area contributed by atoms with Gasteiger partial charge in [-0.1, -0.05) is 25.3 Å². The number of pyridine rings is 1. The van der Waals surface area contributed by atoms with E-state index in [-0.39, 0.29) is 0 Å². The molecule has 0 saturated heterocycles. The van der Waals surface area contributed by atoms with Crippen LogP contribution in [0.25, 0.3) is 0 Å². The van der Waals surface area contributed by atoms with Crippen molar-refractivity contribution in [3.8, 4) is 5.88 Å². The number of nitrogens with one attached hydrogen (secondary N) is 1. The third kappa shape index (κ3) is 2.70. The summed E-state index contributed by atoms with van der Waals surface area (Å²) in [6.45, 7) is 0. The van der Waals surface area contributed by atoms with Crippen LogP contribution >= 0.6 is 0 Å². The van der Waals surface area contributed by atoms with Crippen LogP contribution in [-0.4, -0.2) is 11.0 Å². The van der Waals surface area contributed by atoms with Crippen molar-refractivity contribution in [3.63, 3.8) is 0 Å². The molecule has 0 radical (unpaired) electrons. The van der Waals surface area contributed by atoms with Gasteiger partial charge in [0, 0.05) is 18.3 Å². The molecule has 0 aliphatic heterocycles. The molecular formula is C11H16N2O. The lowest BCUT2D eigenvalue weighted by Crippen LogP contribution is -2.33. The van der Waals surface area contributed by atoms with Gasteiger partial charge < -0.3 is 4.84 Å². The third-order valence-electron chi connectivity index (χ3n) is 2.57. The van der Waals surface area contributed by atoms with E-state index in [1.807, 2.05) is 18.2 Å². The first-order valence-electron chi connectivity index (χ1n) is 5.28. The molecule has 3 nitrogen and oxygen atoms in total. The van der Waals surface area contributed by atoms with E-state index in [9.17, 15) is 0 Å². The molecular weight excluding hydrogens is 176 g/mol. The molecule has 3 heteroatoms. The van der Waals surface area contributed by atoms with Gasteiger partial charge >= 0.3 is 0 Å². The Morgan fingerprint density at radius 1 is 1.21 bits per heavy atom. The zero-order chi connectivity index (χ0) is 9.64. The molecule has 0 aromatic carbocycles. The van der Waals surface area contributed by atoms with Gasteiger partial charge in [-0.25, -0.2) is 4.98 Å². The second-order valence-corrected chi connectivity index (χ2v) is 3.72. The molecule has 1 aromatic rings. The Labute approximate surface area is 84.5 Å². The summed E-state index contributed by atoms with van der Waals surface area (Å²) >= 11 is 0.